The Kier molecular flexibility index (Phi) is 3.19. The van der Waals surface area contributed by atoms with Crippen LogP contribution in [0.1, 0.15) is 31.9 Å². The molecule has 1 saturated heterocycles. The third kappa shape index (κ3) is 2.02. The van der Waals surface area contributed by atoms with E-state index in [0.717, 1.165) is 18.5 Å². The molecule has 1 N–H and O–H groups in total. The highest BCUT2D eigenvalue weighted by Gasteiger charge is 2.41. The van der Waals surface area contributed by atoms with Gasteiger partial charge in [-0.05, 0) is 38.3 Å². The molecular formula is C13H15N3O2. The second kappa shape index (κ2) is 4.65. The predicted molar refractivity (Wildman–Crippen MR) is 66.2 cm³/mol. The number of carboxylic acids is 1. The zero-order chi connectivity index (χ0) is 13.2. The molecule has 0 aliphatic carbocycles. The van der Waals surface area contributed by atoms with Crippen LogP contribution in [0.5, 0.6) is 0 Å². The minimum atomic E-state index is -0.881. The SMILES string of the molecule is CC1(C(=O)O)CCCCN1c1ccc(C#N)nc1. The fourth-order valence-corrected chi connectivity index (χ4v) is 2.37. The van der Waals surface area contributed by atoms with Gasteiger partial charge in [0.1, 0.15) is 17.3 Å². The van der Waals surface area contributed by atoms with Gasteiger partial charge in [-0.2, -0.15) is 5.26 Å². The maximum absolute atomic E-state index is 11.5. The van der Waals surface area contributed by atoms with Crippen molar-refractivity contribution < 1.29 is 9.90 Å². The van der Waals surface area contributed by atoms with E-state index in [4.69, 9.17) is 5.26 Å². The Labute approximate surface area is 106 Å². The molecule has 1 aromatic rings. The summed E-state index contributed by atoms with van der Waals surface area (Å²) in [5, 5.41) is 18.1. The number of nitrogens with zero attached hydrogens (tertiary/aromatic N) is 3. The van der Waals surface area contributed by atoms with Gasteiger partial charge in [0.15, 0.2) is 0 Å². The van der Waals surface area contributed by atoms with Crippen LogP contribution in [-0.4, -0.2) is 28.1 Å². The lowest BCUT2D eigenvalue weighted by molar-refractivity contribution is -0.143. The summed E-state index contributed by atoms with van der Waals surface area (Å²) in [7, 11) is 0. The van der Waals surface area contributed by atoms with Crippen LogP contribution < -0.4 is 4.90 Å². The van der Waals surface area contributed by atoms with Crippen molar-refractivity contribution in [2.24, 2.45) is 0 Å². The van der Waals surface area contributed by atoms with Crippen molar-refractivity contribution in [1.82, 2.24) is 4.98 Å². The van der Waals surface area contributed by atoms with E-state index in [2.05, 4.69) is 4.98 Å². The fraction of sp³-hybridized carbons (Fsp3) is 0.462. The van der Waals surface area contributed by atoms with Gasteiger partial charge >= 0.3 is 5.97 Å². The lowest BCUT2D eigenvalue weighted by atomic mass is 9.88. The smallest absolute Gasteiger partial charge is 0.329 e. The predicted octanol–water partition coefficient (Wildman–Crippen LogP) is 1.79. The highest BCUT2D eigenvalue weighted by atomic mass is 16.4. The van der Waals surface area contributed by atoms with Crippen LogP contribution in [0.3, 0.4) is 0 Å². The molecule has 94 valence electrons. The Morgan fingerprint density at radius 1 is 1.56 bits per heavy atom. The highest BCUT2D eigenvalue weighted by molar-refractivity contribution is 5.83. The number of hydrogen-bond donors (Lipinski definition) is 1. The molecule has 5 heteroatoms. The van der Waals surface area contributed by atoms with E-state index in [1.165, 1.54) is 0 Å². The average molecular weight is 245 g/mol. The maximum Gasteiger partial charge on any atom is 0.329 e. The molecule has 1 fully saturated rings. The molecule has 0 spiro atoms. The van der Waals surface area contributed by atoms with E-state index in [1.807, 2.05) is 11.0 Å². The standard InChI is InChI=1S/C13H15N3O2/c1-13(12(17)18)6-2-3-7-16(13)11-5-4-10(8-14)15-9-11/h4-5,9H,2-3,6-7H2,1H3,(H,17,18). The topological polar surface area (TPSA) is 77.2 Å². The third-order valence-electron chi connectivity index (χ3n) is 3.53. The highest BCUT2D eigenvalue weighted by Crippen LogP contribution is 2.32. The van der Waals surface area contributed by atoms with Crippen molar-refractivity contribution in [2.45, 2.75) is 31.7 Å². The summed E-state index contributed by atoms with van der Waals surface area (Å²) in [5.41, 5.74) is 0.222. The molecule has 1 aromatic heterocycles. The molecule has 0 aromatic carbocycles. The Bertz CT molecular complexity index is 492. The lowest BCUT2D eigenvalue weighted by Crippen LogP contribution is -2.55. The quantitative estimate of drug-likeness (QED) is 0.859. The molecule has 18 heavy (non-hydrogen) atoms. The molecule has 1 atom stereocenters. The molecule has 1 aliphatic rings. The normalized spacial score (nSPS) is 23.4. The number of piperidine rings is 1. The van der Waals surface area contributed by atoms with Gasteiger partial charge < -0.3 is 10.0 Å². The zero-order valence-corrected chi connectivity index (χ0v) is 10.3. The van der Waals surface area contributed by atoms with Crippen LogP contribution in [0.15, 0.2) is 18.3 Å². The number of aliphatic carboxylic acids is 1. The van der Waals surface area contributed by atoms with Crippen LogP contribution in [-0.2, 0) is 4.79 Å². The molecule has 0 saturated carbocycles. The number of anilines is 1. The molecule has 2 heterocycles. The number of hydrogen-bond acceptors (Lipinski definition) is 4. The second-order valence-corrected chi connectivity index (χ2v) is 4.70. The molecule has 0 radical (unpaired) electrons. The summed E-state index contributed by atoms with van der Waals surface area (Å²) in [6.07, 6.45) is 4.10. The van der Waals surface area contributed by atoms with E-state index in [1.54, 1.807) is 25.3 Å². The van der Waals surface area contributed by atoms with Gasteiger partial charge in [-0.3, -0.25) is 0 Å². The average Bonchev–Trinajstić information content (AvgIpc) is 2.39. The third-order valence-corrected chi connectivity index (χ3v) is 3.53. The van der Waals surface area contributed by atoms with Crippen molar-refractivity contribution in [3.05, 3.63) is 24.0 Å². The second-order valence-electron chi connectivity index (χ2n) is 4.70. The van der Waals surface area contributed by atoms with Gasteiger partial charge in [-0.25, -0.2) is 9.78 Å². The van der Waals surface area contributed by atoms with Crippen molar-refractivity contribution in [3.63, 3.8) is 0 Å². The van der Waals surface area contributed by atoms with Crippen LogP contribution in [0.25, 0.3) is 0 Å². The van der Waals surface area contributed by atoms with E-state index >= 15 is 0 Å². The summed E-state index contributed by atoms with van der Waals surface area (Å²) in [4.78, 5) is 17.3. The Hall–Kier alpha value is -2.09. The fourth-order valence-electron chi connectivity index (χ4n) is 2.37. The number of aromatic nitrogens is 1. The molecule has 2 rings (SSSR count). The first-order valence-corrected chi connectivity index (χ1v) is 5.95. The summed E-state index contributed by atoms with van der Waals surface area (Å²) in [6, 6.07) is 5.33. The lowest BCUT2D eigenvalue weighted by Gasteiger charge is -2.43. The first-order valence-electron chi connectivity index (χ1n) is 5.95. The largest absolute Gasteiger partial charge is 0.480 e. The molecular weight excluding hydrogens is 230 g/mol. The molecule has 1 aliphatic heterocycles. The first kappa shape index (κ1) is 12.4. The molecule has 0 amide bonds. The number of nitriles is 1. The number of rotatable bonds is 2. The summed E-state index contributed by atoms with van der Waals surface area (Å²) in [6.45, 7) is 2.45. The minimum absolute atomic E-state index is 0.341. The minimum Gasteiger partial charge on any atom is -0.480 e. The van der Waals surface area contributed by atoms with Crippen LogP contribution in [0.4, 0.5) is 5.69 Å². The van der Waals surface area contributed by atoms with E-state index < -0.39 is 11.5 Å². The monoisotopic (exact) mass is 245 g/mol. The summed E-state index contributed by atoms with van der Waals surface area (Å²) in [5.74, 6) is -0.813. The Balaban J connectivity index is 2.34. The van der Waals surface area contributed by atoms with Crippen molar-refractivity contribution >= 4 is 11.7 Å². The van der Waals surface area contributed by atoms with Gasteiger partial charge in [0, 0.05) is 6.54 Å². The van der Waals surface area contributed by atoms with Crippen molar-refractivity contribution in [2.75, 3.05) is 11.4 Å². The van der Waals surface area contributed by atoms with Crippen LogP contribution >= 0.6 is 0 Å². The van der Waals surface area contributed by atoms with Gasteiger partial charge in [0.25, 0.3) is 0 Å². The van der Waals surface area contributed by atoms with Crippen molar-refractivity contribution in [1.29, 1.82) is 5.26 Å². The van der Waals surface area contributed by atoms with Crippen LogP contribution in [0, 0.1) is 11.3 Å². The number of carbonyl (C=O) groups is 1. The van der Waals surface area contributed by atoms with E-state index in [-0.39, 0.29) is 0 Å². The van der Waals surface area contributed by atoms with Gasteiger partial charge in [0.05, 0.1) is 11.9 Å². The Morgan fingerprint density at radius 3 is 2.89 bits per heavy atom. The van der Waals surface area contributed by atoms with E-state index in [0.29, 0.717) is 18.7 Å². The van der Waals surface area contributed by atoms with Crippen molar-refractivity contribution in [3.8, 4) is 6.07 Å². The number of carboxylic acid groups (broad SMARTS) is 1. The first-order chi connectivity index (χ1) is 8.58. The van der Waals surface area contributed by atoms with Gasteiger partial charge in [-0.15, -0.1) is 0 Å². The zero-order valence-electron chi connectivity index (χ0n) is 10.3. The molecule has 0 bridgehead atoms. The Morgan fingerprint density at radius 2 is 2.33 bits per heavy atom. The summed E-state index contributed by atoms with van der Waals surface area (Å²) < 4.78 is 0. The maximum atomic E-state index is 11.5. The van der Waals surface area contributed by atoms with E-state index in [9.17, 15) is 9.90 Å². The van der Waals surface area contributed by atoms with Gasteiger partial charge in [-0.1, -0.05) is 0 Å². The summed E-state index contributed by atoms with van der Waals surface area (Å²) >= 11 is 0. The van der Waals surface area contributed by atoms with Gasteiger partial charge in [0.2, 0.25) is 0 Å². The van der Waals surface area contributed by atoms with Crippen LogP contribution in [0.2, 0.25) is 0 Å². The number of pyridine rings is 1. The molecule has 5 nitrogen and oxygen atoms in total. The molecule has 1 unspecified atom stereocenters.